The lowest BCUT2D eigenvalue weighted by Crippen LogP contribution is -2.51. The summed E-state index contributed by atoms with van der Waals surface area (Å²) in [4.78, 5) is 24.7. The first kappa shape index (κ1) is 17.1. The van der Waals surface area contributed by atoms with Crippen LogP contribution in [-0.2, 0) is 0 Å². The van der Waals surface area contributed by atoms with Crippen LogP contribution in [0.1, 0.15) is 44.0 Å². The van der Waals surface area contributed by atoms with Crippen LogP contribution in [0.5, 0.6) is 5.75 Å². The van der Waals surface area contributed by atoms with Crippen molar-refractivity contribution in [1.82, 2.24) is 10.2 Å². The molecule has 1 aromatic carbocycles. The topological polar surface area (TPSA) is 78.9 Å². The van der Waals surface area contributed by atoms with E-state index in [0.717, 1.165) is 12.8 Å². The van der Waals surface area contributed by atoms with E-state index in [1.807, 2.05) is 20.8 Å². The average molecular weight is 320 g/mol. The van der Waals surface area contributed by atoms with E-state index >= 15 is 0 Å². The van der Waals surface area contributed by atoms with E-state index in [9.17, 15) is 9.59 Å². The first-order valence-electron chi connectivity index (χ1n) is 7.82. The number of benzene rings is 1. The molecule has 23 heavy (non-hydrogen) atoms. The van der Waals surface area contributed by atoms with E-state index < -0.39 is 5.97 Å². The number of rotatable bonds is 3. The van der Waals surface area contributed by atoms with Gasteiger partial charge in [-0.25, -0.2) is 9.59 Å². The maximum absolute atomic E-state index is 12.1. The number of urea groups is 1. The first-order valence-corrected chi connectivity index (χ1v) is 7.82. The van der Waals surface area contributed by atoms with E-state index in [1.165, 1.54) is 12.1 Å². The van der Waals surface area contributed by atoms with Crippen molar-refractivity contribution in [2.45, 2.75) is 45.3 Å². The Morgan fingerprint density at radius 3 is 2.22 bits per heavy atom. The van der Waals surface area contributed by atoms with Gasteiger partial charge in [0.1, 0.15) is 11.9 Å². The molecule has 0 bridgehead atoms. The van der Waals surface area contributed by atoms with Gasteiger partial charge >= 0.3 is 12.0 Å². The summed E-state index contributed by atoms with van der Waals surface area (Å²) in [5, 5.41) is 11.8. The number of amides is 2. The van der Waals surface area contributed by atoms with Crippen molar-refractivity contribution < 1.29 is 19.4 Å². The SMILES string of the molecule is CC(C)(C)NC(=O)N1CCC(Oc2ccc(C(=O)O)cc2)CC1. The third-order valence-electron chi connectivity index (χ3n) is 3.62. The van der Waals surface area contributed by atoms with Crippen molar-refractivity contribution in [1.29, 1.82) is 0 Å². The van der Waals surface area contributed by atoms with E-state index in [2.05, 4.69) is 5.32 Å². The summed E-state index contributed by atoms with van der Waals surface area (Å²) in [6, 6.07) is 6.36. The number of aromatic carboxylic acids is 1. The maximum atomic E-state index is 12.1. The van der Waals surface area contributed by atoms with Crippen molar-refractivity contribution in [3.8, 4) is 5.75 Å². The Balaban J connectivity index is 1.82. The Labute approximate surface area is 136 Å². The summed E-state index contributed by atoms with van der Waals surface area (Å²) in [5.74, 6) is -0.290. The molecule has 1 aromatic rings. The molecule has 2 rings (SSSR count). The lowest BCUT2D eigenvalue weighted by molar-refractivity contribution is 0.0697. The van der Waals surface area contributed by atoms with Crippen molar-refractivity contribution >= 4 is 12.0 Å². The van der Waals surface area contributed by atoms with Crippen LogP contribution in [0.15, 0.2) is 24.3 Å². The number of nitrogens with one attached hydrogen (secondary N) is 1. The van der Waals surface area contributed by atoms with Gasteiger partial charge in [-0.05, 0) is 45.0 Å². The Kier molecular flexibility index (Phi) is 5.13. The average Bonchev–Trinajstić information content (AvgIpc) is 2.46. The Morgan fingerprint density at radius 2 is 1.74 bits per heavy atom. The highest BCUT2D eigenvalue weighted by atomic mass is 16.5. The Bertz CT molecular complexity index is 555. The Hall–Kier alpha value is -2.24. The van der Waals surface area contributed by atoms with Gasteiger partial charge in [0.05, 0.1) is 5.56 Å². The quantitative estimate of drug-likeness (QED) is 0.897. The number of piperidine rings is 1. The molecule has 0 spiro atoms. The molecule has 0 unspecified atom stereocenters. The predicted molar refractivity (Wildman–Crippen MR) is 86.9 cm³/mol. The van der Waals surface area contributed by atoms with Gasteiger partial charge in [-0.3, -0.25) is 0 Å². The van der Waals surface area contributed by atoms with E-state index in [1.54, 1.807) is 17.0 Å². The highest BCUT2D eigenvalue weighted by molar-refractivity contribution is 5.87. The molecule has 0 aromatic heterocycles. The van der Waals surface area contributed by atoms with Crippen LogP contribution < -0.4 is 10.1 Å². The van der Waals surface area contributed by atoms with Gasteiger partial charge in [0.25, 0.3) is 0 Å². The number of ether oxygens (including phenoxy) is 1. The fourth-order valence-corrected chi connectivity index (χ4v) is 2.45. The van der Waals surface area contributed by atoms with Crippen LogP contribution in [0.2, 0.25) is 0 Å². The van der Waals surface area contributed by atoms with Gasteiger partial charge in [0.15, 0.2) is 0 Å². The summed E-state index contributed by atoms with van der Waals surface area (Å²) in [7, 11) is 0. The second-order valence-electron chi connectivity index (χ2n) is 6.81. The molecule has 0 radical (unpaired) electrons. The lowest BCUT2D eigenvalue weighted by Gasteiger charge is -2.34. The second-order valence-corrected chi connectivity index (χ2v) is 6.81. The summed E-state index contributed by atoms with van der Waals surface area (Å²) in [5.41, 5.74) is 0.00192. The normalized spacial score (nSPS) is 16.0. The second kappa shape index (κ2) is 6.89. The minimum absolute atomic E-state index is 0.0400. The summed E-state index contributed by atoms with van der Waals surface area (Å²) in [6.45, 7) is 7.18. The fourth-order valence-electron chi connectivity index (χ4n) is 2.45. The molecule has 126 valence electrons. The van der Waals surface area contributed by atoms with E-state index in [-0.39, 0.29) is 23.2 Å². The number of carboxylic acid groups (broad SMARTS) is 1. The van der Waals surface area contributed by atoms with Gasteiger partial charge in [-0.1, -0.05) is 0 Å². The number of hydrogen-bond donors (Lipinski definition) is 2. The molecule has 0 aliphatic carbocycles. The smallest absolute Gasteiger partial charge is 0.335 e. The Morgan fingerprint density at radius 1 is 1.17 bits per heavy atom. The molecular formula is C17H24N2O4. The highest BCUT2D eigenvalue weighted by Gasteiger charge is 2.26. The van der Waals surface area contributed by atoms with Crippen molar-refractivity contribution in [3.05, 3.63) is 29.8 Å². The standard InChI is InChI=1S/C17H24N2O4/c1-17(2,3)18-16(22)19-10-8-14(9-11-19)23-13-6-4-12(5-7-13)15(20)21/h4-7,14H,8-11H2,1-3H3,(H,18,22)(H,20,21). The fraction of sp³-hybridized carbons (Fsp3) is 0.529. The molecule has 1 fully saturated rings. The van der Waals surface area contributed by atoms with Crippen LogP contribution in [0.3, 0.4) is 0 Å². The molecule has 1 saturated heterocycles. The van der Waals surface area contributed by atoms with Gasteiger partial charge in [-0.2, -0.15) is 0 Å². The molecular weight excluding hydrogens is 296 g/mol. The van der Waals surface area contributed by atoms with E-state index in [4.69, 9.17) is 9.84 Å². The van der Waals surface area contributed by atoms with Crippen LogP contribution >= 0.6 is 0 Å². The third kappa shape index (κ3) is 5.16. The van der Waals surface area contributed by atoms with Crippen LogP contribution in [-0.4, -0.2) is 46.7 Å². The minimum atomic E-state index is -0.949. The zero-order valence-corrected chi connectivity index (χ0v) is 13.8. The molecule has 0 atom stereocenters. The van der Waals surface area contributed by atoms with Gasteiger partial charge in [0.2, 0.25) is 0 Å². The van der Waals surface area contributed by atoms with Gasteiger partial charge < -0.3 is 20.1 Å². The molecule has 1 aliphatic heterocycles. The number of carbonyl (C=O) groups excluding carboxylic acids is 1. The van der Waals surface area contributed by atoms with Crippen LogP contribution in [0.4, 0.5) is 4.79 Å². The summed E-state index contributed by atoms with van der Waals surface area (Å²) >= 11 is 0. The number of likely N-dealkylation sites (tertiary alicyclic amines) is 1. The zero-order chi connectivity index (χ0) is 17.0. The van der Waals surface area contributed by atoms with Crippen LogP contribution in [0, 0.1) is 0 Å². The molecule has 2 amide bonds. The first-order chi connectivity index (χ1) is 10.7. The summed E-state index contributed by atoms with van der Waals surface area (Å²) in [6.07, 6.45) is 1.57. The minimum Gasteiger partial charge on any atom is -0.490 e. The number of nitrogens with zero attached hydrogens (tertiary/aromatic N) is 1. The van der Waals surface area contributed by atoms with Crippen LogP contribution in [0.25, 0.3) is 0 Å². The number of carboxylic acids is 1. The number of hydrogen-bond acceptors (Lipinski definition) is 3. The molecule has 1 aliphatic rings. The molecule has 0 saturated carbocycles. The molecule has 2 N–H and O–H groups in total. The monoisotopic (exact) mass is 320 g/mol. The largest absolute Gasteiger partial charge is 0.490 e. The molecule has 6 heteroatoms. The van der Waals surface area contributed by atoms with Gasteiger partial charge in [-0.15, -0.1) is 0 Å². The predicted octanol–water partition coefficient (Wildman–Crippen LogP) is 2.74. The summed E-state index contributed by atoms with van der Waals surface area (Å²) < 4.78 is 5.87. The van der Waals surface area contributed by atoms with E-state index in [0.29, 0.717) is 18.8 Å². The van der Waals surface area contributed by atoms with Crippen molar-refractivity contribution in [3.63, 3.8) is 0 Å². The lowest BCUT2D eigenvalue weighted by atomic mass is 10.1. The number of carbonyl (C=O) groups is 2. The molecule has 6 nitrogen and oxygen atoms in total. The van der Waals surface area contributed by atoms with Gasteiger partial charge in [0, 0.05) is 31.5 Å². The van der Waals surface area contributed by atoms with Crippen molar-refractivity contribution in [2.75, 3.05) is 13.1 Å². The molecule has 1 heterocycles. The zero-order valence-electron chi connectivity index (χ0n) is 13.8. The maximum Gasteiger partial charge on any atom is 0.335 e. The highest BCUT2D eigenvalue weighted by Crippen LogP contribution is 2.20. The van der Waals surface area contributed by atoms with Crippen molar-refractivity contribution in [2.24, 2.45) is 0 Å². The third-order valence-corrected chi connectivity index (χ3v) is 3.62.